The molecule has 25 heavy (non-hydrogen) atoms. The monoisotopic (exact) mass is 352 g/mol. The zero-order valence-electron chi connectivity index (χ0n) is 13.3. The van der Waals surface area contributed by atoms with Crippen molar-refractivity contribution in [1.82, 2.24) is 0 Å². The van der Waals surface area contributed by atoms with Crippen molar-refractivity contribution in [2.75, 3.05) is 0 Å². The van der Waals surface area contributed by atoms with Crippen molar-refractivity contribution in [1.29, 1.82) is 0 Å². The molecule has 0 amide bonds. The van der Waals surface area contributed by atoms with E-state index in [9.17, 15) is 4.57 Å². The molecule has 0 fully saturated rings. The fraction of sp³-hybridized carbons (Fsp3) is 0. The molecule has 3 aromatic rings. The number of phosphoric ester groups is 1. The van der Waals surface area contributed by atoms with Crippen LogP contribution < -0.4 is 4.52 Å². The average molecular weight is 352 g/mol. The van der Waals surface area contributed by atoms with Crippen LogP contribution in [-0.2, 0) is 4.57 Å². The van der Waals surface area contributed by atoms with E-state index in [4.69, 9.17) is 14.3 Å². The van der Waals surface area contributed by atoms with Crippen molar-refractivity contribution < 1.29 is 18.9 Å². The molecule has 3 aromatic carbocycles. The Labute approximate surface area is 146 Å². The van der Waals surface area contributed by atoms with Gasteiger partial charge in [-0.05, 0) is 22.8 Å². The molecule has 0 unspecified atom stereocenters. The topological polar surface area (TPSA) is 66.8 Å². The lowest BCUT2D eigenvalue weighted by Crippen LogP contribution is -1.93. The Bertz CT molecular complexity index is 929. The summed E-state index contributed by atoms with van der Waals surface area (Å²) in [6, 6.07) is 24.3. The van der Waals surface area contributed by atoms with Crippen LogP contribution in [0.15, 0.2) is 78.9 Å². The third-order valence-corrected chi connectivity index (χ3v) is 4.04. The van der Waals surface area contributed by atoms with Gasteiger partial charge >= 0.3 is 7.82 Å². The molecule has 0 aliphatic heterocycles. The molecule has 0 aliphatic rings. The number of hydrogen-bond acceptors (Lipinski definition) is 2. The minimum atomic E-state index is -4.63. The first-order valence-corrected chi connectivity index (χ1v) is 9.23. The highest BCUT2D eigenvalue weighted by Crippen LogP contribution is 2.42. The first kappa shape index (κ1) is 17.2. The molecule has 0 saturated heterocycles. The number of rotatable bonds is 5. The highest BCUT2D eigenvalue weighted by atomic mass is 31.2. The van der Waals surface area contributed by atoms with Crippen LogP contribution in [0.3, 0.4) is 0 Å². The van der Waals surface area contributed by atoms with E-state index in [0.717, 1.165) is 16.7 Å². The number of hydrogen-bond donors (Lipinski definition) is 2. The molecule has 0 spiro atoms. The predicted octanol–water partition coefficient (Wildman–Crippen LogP) is 5.00. The van der Waals surface area contributed by atoms with Gasteiger partial charge in [0.1, 0.15) is 5.75 Å². The zero-order chi connectivity index (χ0) is 17.7. The largest absolute Gasteiger partial charge is 0.524 e. The van der Waals surface area contributed by atoms with Crippen LogP contribution in [0, 0.1) is 0 Å². The molecule has 0 heterocycles. The smallest absolute Gasteiger partial charge is 0.404 e. The fourth-order valence-corrected chi connectivity index (χ4v) is 2.95. The summed E-state index contributed by atoms with van der Waals surface area (Å²) in [5, 5.41) is 0. The third-order valence-electron chi connectivity index (χ3n) is 3.61. The predicted molar refractivity (Wildman–Crippen MR) is 99.9 cm³/mol. The summed E-state index contributed by atoms with van der Waals surface area (Å²) in [6.45, 7) is 0. The molecule has 0 aromatic heterocycles. The maximum atomic E-state index is 11.2. The van der Waals surface area contributed by atoms with Crippen LogP contribution in [0.1, 0.15) is 11.1 Å². The highest BCUT2D eigenvalue weighted by Gasteiger charge is 2.19. The molecule has 0 bridgehead atoms. The molecule has 0 radical (unpaired) electrons. The molecule has 4 nitrogen and oxygen atoms in total. The van der Waals surface area contributed by atoms with Gasteiger partial charge in [-0.1, -0.05) is 84.9 Å². The third kappa shape index (κ3) is 4.68. The van der Waals surface area contributed by atoms with Gasteiger partial charge in [-0.3, -0.25) is 9.79 Å². The Hall–Kier alpha value is -2.65. The van der Waals surface area contributed by atoms with Crippen molar-refractivity contribution in [2.45, 2.75) is 0 Å². The van der Waals surface area contributed by atoms with Gasteiger partial charge in [0.15, 0.2) is 0 Å². The molecular weight excluding hydrogens is 335 g/mol. The van der Waals surface area contributed by atoms with Crippen molar-refractivity contribution >= 4 is 20.0 Å². The molecular formula is C20H17O4P. The minimum Gasteiger partial charge on any atom is -0.404 e. The summed E-state index contributed by atoms with van der Waals surface area (Å²) in [7, 11) is -4.63. The summed E-state index contributed by atoms with van der Waals surface area (Å²) in [4.78, 5) is 18.3. The van der Waals surface area contributed by atoms with Crippen LogP contribution in [0.5, 0.6) is 5.75 Å². The fourth-order valence-electron chi connectivity index (χ4n) is 2.53. The Morgan fingerprint density at radius 2 is 1.32 bits per heavy atom. The van der Waals surface area contributed by atoms with E-state index in [1.807, 2.05) is 66.7 Å². The minimum absolute atomic E-state index is 0.149. The van der Waals surface area contributed by atoms with Gasteiger partial charge in [-0.15, -0.1) is 0 Å². The van der Waals surface area contributed by atoms with Crippen molar-refractivity contribution in [2.24, 2.45) is 0 Å². The summed E-state index contributed by atoms with van der Waals surface area (Å²) in [5.74, 6) is 0.149. The molecule has 0 aliphatic carbocycles. The van der Waals surface area contributed by atoms with E-state index in [0.29, 0.717) is 5.56 Å². The summed E-state index contributed by atoms with van der Waals surface area (Å²) in [5.41, 5.74) is 3.45. The van der Waals surface area contributed by atoms with E-state index in [1.54, 1.807) is 24.3 Å². The summed E-state index contributed by atoms with van der Waals surface area (Å²) < 4.78 is 16.1. The normalized spacial score (nSPS) is 11.6. The lowest BCUT2D eigenvalue weighted by Gasteiger charge is -2.13. The highest BCUT2D eigenvalue weighted by molar-refractivity contribution is 7.46. The Balaban J connectivity index is 2.02. The van der Waals surface area contributed by atoms with E-state index < -0.39 is 7.82 Å². The maximum absolute atomic E-state index is 11.2. The van der Waals surface area contributed by atoms with Crippen LogP contribution in [0.2, 0.25) is 0 Å². The maximum Gasteiger partial charge on any atom is 0.524 e. The van der Waals surface area contributed by atoms with Gasteiger partial charge in [-0.25, -0.2) is 4.57 Å². The zero-order valence-corrected chi connectivity index (χ0v) is 14.2. The van der Waals surface area contributed by atoms with Crippen molar-refractivity contribution in [3.05, 3.63) is 90.0 Å². The molecule has 126 valence electrons. The van der Waals surface area contributed by atoms with Crippen LogP contribution >= 0.6 is 7.82 Å². The van der Waals surface area contributed by atoms with Crippen LogP contribution in [0.25, 0.3) is 23.3 Å². The first-order chi connectivity index (χ1) is 12.0. The van der Waals surface area contributed by atoms with E-state index in [-0.39, 0.29) is 5.75 Å². The van der Waals surface area contributed by atoms with Gasteiger partial charge in [0.25, 0.3) is 0 Å². The van der Waals surface area contributed by atoms with Crippen molar-refractivity contribution in [3.8, 4) is 16.9 Å². The molecule has 3 rings (SSSR count). The van der Waals surface area contributed by atoms with Crippen LogP contribution in [-0.4, -0.2) is 9.79 Å². The second kappa shape index (κ2) is 7.49. The van der Waals surface area contributed by atoms with Crippen molar-refractivity contribution in [3.63, 3.8) is 0 Å². The van der Waals surface area contributed by atoms with Gasteiger partial charge in [0, 0.05) is 5.56 Å². The second-order valence-corrected chi connectivity index (χ2v) is 6.57. The molecule has 0 saturated carbocycles. The Morgan fingerprint density at radius 3 is 2.04 bits per heavy atom. The Kier molecular flexibility index (Phi) is 5.15. The average Bonchev–Trinajstić information content (AvgIpc) is 2.60. The summed E-state index contributed by atoms with van der Waals surface area (Å²) >= 11 is 0. The number of phosphoric acid groups is 1. The summed E-state index contributed by atoms with van der Waals surface area (Å²) in [6.07, 6.45) is 3.96. The lowest BCUT2D eigenvalue weighted by molar-refractivity contribution is 0.283. The second-order valence-electron chi connectivity index (χ2n) is 5.41. The molecule has 0 atom stereocenters. The Morgan fingerprint density at radius 1 is 0.720 bits per heavy atom. The molecule has 2 N–H and O–H groups in total. The SMILES string of the molecule is O=P(O)(O)Oc1ccccc1-c1ccccc1C=Cc1ccccc1. The standard InChI is InChI=1S/C20H17O4P/c21-25(22,23)24-20-13-7-6-12-19(20)18-11-5-4-10-17(18)15-14-16-8-2-1-3-9-16/h1-15H,(H2,21,22,23). The van der Waals surface area contributed by atoms with Gasteiger partial charge in [0.05, 0.1) is 0 Å². The first-order valence-electron chi connectivity index (χ1n) is 7.70. The van der Waals surface area contributed by atoms with Crippen LogP contribution in [0.4, 0.5) is 0 Å². The quantitative estimate of drug-likeness (QED) is 0.501. The molecule has 5 heteroatoms. The van der Waals surface area contributed by atoms with Gasteiger partial charge < -0.3 is 4.52 Å². The van der Waals surface area contributed by atoms with E-state index >= 15 is 0 Å². The number of para-hydroxylation sites is 1. The van der Waals surface area contributed by atoms with E-state index in [1.165, 1.54) is 0 Å². The number of benzene rings is 3. The van der Waals surface area contributed by atoms with E-state index in [2.05, 4.69) is 0 Å². The van der Waals surface area contributed by atoms with Gasteiger partial charge in [-0.2, -0.15) is 0 Å². The lowest BCUT2D eigenvalue weighted by atomic mass is 9.98. The van der Waals surface area contributed by atoms with Gasteiger partial charge in [0.2, 0.25) is 0 Å².